The number of para-hydroxylation sites is 1. The van der Waals surface area contributed by atoms with Gasteiger partial charge in [-0.25, -0.2) is 23.0 Å². The third kappa shape index (κ3) is 5.07. The zero-order valence-corrected chi connectivity index (χ0v) is 25.2. The van der Waals surface area contributed by atoms with Crippen LogP contribution in [-0.2, 0) is 24.3 Å². The molecule has 0 bridgehead atoms. The molecule has 1 aromatic carbocycles. The molecule has 2 amide bonds. The van der Waals surface area contributed by atoms with E-state index in [4.69, 9.17) is 13.9 Å². The number of carboxylic acid groups (broad SMARTS) is 1. The van der Waals surface area contributed by atoms with Gasteiger partial charge in [-0.3, -0.25) is 9.69 Å². The zero-order valence-electron chi connectivity index (χ0n) is 23.5. The highest BCUT2D eigenvalue weighted by molar-refractivity contribution is 7.90. The molecule has 1 aliphatic heterocycles. The molecule has 3 heterocycles. The maximum absolute atomic E-state index is 14.2. The van der Waals surface area contributed by atoms with Crippen LogP contribution in [0, 0.1) is 6.92 Å². The van der Waals surface area contributed by atoms with Gasteiger partial charge in [0.2, 0.25) is 5.89 Å². The third-order valence-electron chi connectivity index (χ3n) is 7.56. The number of urea groups is 1. The predicted molar refractivity (Wildman–Crippen MR) is 152 cm³/mol. The van der Waals surface area contributed by atoms with Gasteiger partial charge in [0.05, 0.1) is 30.8 Å². The number of fused-ring (bicyclic) bond motifs is 1. The van der Waals surface area contributed by atoms with Crippen molar-refractivity contribution in [3.8, 4) is 16.5 Å². The molecule has 224 valence electrons. The lowest BCUT2D eigenvalue weighted by molar-refractivity contribution is -0.145. The summed E-state index contributed by atoms with van der Waals surface area (Å²) in [5.74, 6) is -0.669. The summed E-state index contributed by atoms with van der Waals surface area (Å²) in [7, 11) is -3.11. The quantitative estimate of drug-likeness (QED) is 0.354. The topological polar surface area (TPSA) is 157 Å². The van der Waals surface area contributed by atoms with Gasteiger partial charge in [0.25, 0.3) is 10.0 Å². The van der Waals surface area contributed by atoms with E-state index in [0.29, 0.717) is 46.2 Å². The van der Waals surface area contributed by atoms with Gasteiger partial charge in [0.15, 0.2) is 5.54 Å². The van der Waals surface area contributed by atoms with Crippen LogP contribution in [0.2, 0.25) is 0 Å². The number of rotatable bonds is 9. The fourth-order valence-electron chi connectivity index (χ4n) is 5.28. The first-order chi connectivity index (χ1) is 19.9. The number of ether oxygens (including phenoxy) is 2. The van der Waals surface area contributed by atoms with E-state index in [2.05, 4.69) is 4.98 Å². The third-order valence-corrected chi connectivity index (χ3v) is 11.1. The number of benzene rings is 1. The number of methoxy groups -OCH3 is 1. The first-order valence-electron chi connectivity index (χ1n) is 13.3. The number of aromatic nitrogens is 1. The minimum atomic E-state index is -4.62. The second-order valence-corrected chi connectivity index (χ2v) is 13.4. The van der Waals surface area contributed by atoms with Crippen LogP contribution in [0.1, 0.15) is 56.8 Å². The van der Waals surface area contributed by atoms with Crippen molar-refractivity contribution >= 4 is 44.1 Å². The SMILES string of the molecule is COc1ccccc1C(CN1C(=O)N(C(C)(C)C(=O)O)S(=O)(=O)c2c1sc(-c1ncco1)c2C)OC1CCC(=O)CC1. The lowest BCUT2D eigenvalue weighted by Crippen LogP contribution is -2.62. The van der Waals surface area contributed by atoms with Crippen molar-refractivity contribution in [2.75, 3.05) is 18.6 Å². The van der Waals surface area contributed by atoms with E-state index in [-0.39, 0.29) is 39.8 Å². The largest absolute Gasteiger partial charge is 0.496 e. The number of thiophene rings is 1. The second kappa shape index (κ2) is 11.2. The van der Waals surface area contributed by atoms with Gasteiger partial charge in [-0.05, 0) is 45.2 Å². The minimum Gasteiger partial charge on any atom is -0.496 e. The number of anilines is 1. The van der Waals surface area contributed by atoms with Crippen molar-refractivity contribution in [1.29, 1.82) is 0 Å². The van der Waals surface area contributed by atoms with Crippen molar-refractivity contribution in [1.82, 2.24) is 9.29 Å². The number of hydrogen-bond acceptors (Lipinski definition) is 10. The Hall–Kier alpha value is -3.75. The highest BCUT2D eigenvalue weighted by Crippen LogP contribution is 2.50. The van der Waals surface area contributed by atoms with E-state index in [1.54, 1.807) is 31.2 Å². The van der Waals surface area contributed by atoms with E-state index in [0.717, 1.165) is 25.2 Å². The Morgan fingerprint density at radius 2 is 1.93 bits per heavy atom. The summed E-state index contributed by atoms with van der Waals surface area (Å²) in [5.41, 5.74) is -1.22. The summed E-state index contributed by atoms with van der Waals surface area (Å²) < 4.78 is 46.0. The summed E-state index contributed by atoms with van der Waals surface area (Å²) in [5, 5.41) is 10.1. The molecule has 0 radical (unpaired) electrons. The molecular weight excluding hydrogens is 586 g/mol. The van der Waals surface area contributed by atoms with Crippen molar-refractivity contribution in [2.45, 2.75) is 69.1 Å². The number of carboxylic acids is 1. The number of sulfonamides is 1. The fraction of sp³-hybridized carbons (Fsp3) is 0.429. The van der Waals surface area contributed by atoms with Gasteiger partial charge < -0.3 is 19.0 Å². The molecule has 1 saturated carbocycles. The number of ketones is 1. The summed E-state index contributed by atoms with van der Waals surface area (Å²) >= 11 is 1.01. The molecule has 14 heteroatoms. The van der Waals surface area contributed by atoms with E-state index in [1.807, 2.05) is 0 Å². The highest BCUT2D eigenvalue weighted by Gasteiger charge is 2.54. The van der Waals surface area contributed by atoms with Crippen molar-refractivity contribution in [3.05, 3.63) is 47.9 Å². The molecule has 0 spiro atoms. The van der Waals surface area contributed by atoms with E-state index in [9.17, 15) is 27.9 Å². The number of oxazole rings is 1. The van der Waals surface area contributed by atoms with Gasteiger partial charge in [0.1, 0.15) is 33.8 Å². The summed E-state index contributed by atoms with van der Waals surface area (Å²) in [6.45, 7) is 3.73. The standard InChI is InChI=1S/C28H31N3O9S2/c1-16-22(24-29-13-14-39-24)41-25-23(16)42(36,37)31(28(2,3)26(33)34)27(35)30(25)15-21(19-7-5-6-8-20(19)38-4)40-18-11-9-17(32)10-12-18/h5-8,13-14,18,21H,9-12,15H2,1-4H3,(H,33,34). The second-order valence-electron chi connectivity index (χ2n) is 10.7. The smallest absolute Gasteiger partial charge is 0.340 e. The number of nitrogens with zero attached hydrogens (tertiary/aromatic N) is 3. The molecule has 42 heavy (non-hydrogen) atoms. The average molecular weight is 618 g/mol. The highest BCUT2D eigenvalue weighted by atomic mass is 32.2. The number of amides is 2. The Labute approximate surface area is 246 Å². The average Bonchev–Trinajstić information content (AvgIpc) is 3.59. The van der Waals surface area contributed by atoms with Gasteiger partial charge in [0, 0.05) is 18.4 Å². The van der Waals surface area contributed by atoms with Gasteiger partial charge in [-0.1, -0.05) is 18.2 Å². The maximum atomic E-state index is 14.2. The number of aliphatic carboxylic acids is 1. The van der Waals surface area contributed by atoms with Crippen LogP contribution in [0.3, 0.4) is 0 Å². The zero-order chi connectivity index (χ0) is 30.4. The first kappa shape index (κ1) is 29.7. The fourth-order valence-corrected chi connectivity index (χ4v) is 8.91. The predicted octanol–water partition coefficient (Wildman–Crippen LogP) is 4.78. The van der Waals surface area contributed by atoms with Crippen molar-refractivity contribution < 1.29 is 41.8 Å². The van der Waals surface area contributed by atoms with Crippen molar-refractivity contribution in [2.24, 2.45) is 0 Å². The molecule has 1 N–H and O–H groups in total. The lowest BCUT2D eigenvalue weighted by atomic mass is 9.96. The molecule has 1 atom stereocenters. The Morgan fingerprint density at radius 3 is 2.55 bits per heavy atom. The Kier molecular flexibility index (Phi) is 7.89. The van der Waals surface area contributed by atoms with Crippen LogP contribution in [0.5, 0.6) is 5.75 Å². The Bertz CT molecular complexity index is 1620. The molecule has 1 fully saturated rings. The number of Topliss-reactive ketones (excluding diaryl/α,β-unsaturated/α-hetero) is 1. The van der Waals surface area contributed by atoms with Crippen LogP contribution in [-0.4, -0.2) is 65.9 Å². The van der Waals surface area contributed by atoms with Gasteiger partial charge in [-0.2, -0.15) is 4.31 Å². The molecule has 2 aromatic heterocycles. The van der Waals surface area contributed by atoms with Crippen LogP contribution < -0.4 is 9.64 Å². The van der Waals surface area contributed by atoms with Gasteiger partial charge in [-0.15, -0.1) is 11.3 Å². The molecule has 5 rings (SSSR count). The van der Waals surface area contributed by atoms with Gasteiger partial charge >= 0.3 is 12.0 Å². The summed E-state index contributed by atoms with van der Waals surface area (Å²) in [4.78, 5) is 44.0. The van der Waals surface area contributed by atoms with Crippen LogP contribution in [0.15, 0.2) is 46.0 Å². The molecule has 1 aliphatic carbocycles. The molecule has 1 unspecified atom stereocenters. The molecule has 12 nitrogen and oxygen atoms in total. The molecule has 2 aliphatic rings. The summed E-state index contributed by atoms with van der Waals surface area (Å²) in [6.07, 6.45) is 3.43. The molecular formula is C28H31N3O9S2. The monoisotopic (exact) mass is 617 g/mol. The van der Waals surface area contributed by atoms with E-state index >= 15 is 0 Å². The summed E-state index contributed by atoms with van der Waals surface area (Å²) in [6, 6.07) is 6.10. The van der Waals surface area contributed by atoms with Crippen LogP contribution in [0.4, 0.5) is 9.80 Å². The Morgan fingerprint density at radius 1 is 1.24 bits per heavy atom. The number of carbonyl (C=O) groups excluding carboxylic acids is 2. The lowest BCUT2D eigenvalue weighted by Gasteiger charge is -2.42. The minimum absolute atomic E-state index is 0.102. The maximum Gasteiger partial charge on any atom is 0.340 e. The molecule has 3 aromatic rings. The number of carbonyl (C=O) groups is 3. The molecule has 0 saturated heterocycles. The first-order valence-corrected chi connectivity index (χ1v) is 15.6. The number of hydrogen-bond donors (Lipinski definition) is 1. The van der Waals surface area contributed by atoms with Crippen molar-refractivity contribution in [3.63, 3.8) is 0 Å². The van der Waals surface area contributed by atoms with E-state index in [1.165, 1.54) is 24.5 Å². The normalized spacial score (nSPS) is 18.2. The van der Waals surface area contributed by atoms with E-state index < -0.39 is 33.7 Å². The Balaban J connectivity index is 1.67. The van der Waals surface area contributed by atoms with Crippen LogP contribution >= 0.6 is 11.3 Å². The van der Waals surface area contributed by atoms with Crippen LogP contribution in [0.25, 0.3) is 10.8 Å².